The van der Waals surface area contributed by atoms with Crippen molar-refractivity contribution in [2.45, 2.75) is 25.3 Å². The third kappa shape index (κ3) is 4.09. The lowest BCUT2D eigenvalue weighted by Gasteiger charge is -2.32. The summed E-state index contributed by atoms with van der Waals surface area (Å²) in [7, 11) is 0. The number of H-pyrrole nitrogens is 1. The molecule has 4 heteroatoms. The molecule has 0 unspecified atom stereocenters. The van der Waals surface area contributed by atoms with E-state index in [4.69, 9.17) is 4.74 Å². The molecule has 1 atom stereocenters. The van der Waals surface area contributed by atoms with Gasteiger partial charge in [0.2, 0.25) is 0 Å². The van der Waals surface area contributed by atoms with E-state index in [0.29, 0.717) is 5.92 Å². The zero-order chi connectivity index (χ0) is 16.9. The van der Waals surface area contributed by atoms with Crippen molar-refractivity contribution >= 4 is 0 Å². The minimum Gasteiger partial charge on any atom is -0.457 e. The lowest BCUT2D eigenvalue weighted by atomic mass is 9.94. The standard InChI is InChI=1S/C21H23N3O/c1-2-8-19(9-3-1)25-20-10-4-6-17(14-20)15-24-13-5-7-18(16-24)21-11-12-22-23-21/h1-4,6,8-12,14,18H,5,7,13,15-16H2,(H,22,23)/t18-/m0/s1. The highest BCUT2D eigenvalue weighted by molar-refractivity contribution is 5.33. The molecule has 4 nitrogen and oxygen atoms in total. The number of rotatable bonds is 5. The van der Waals surface area contributed by atoms with Crippen molar-refractivity contribution in [3.8, 4) is 11.5 Å². The molecule has 0 radical (unpaired) electrons. The zero-order valence-electron chi connectivity index (χ0n) is 14.3. The Labute approximate surface area is 148 Å². The van der Waals surface area contributed by atoms with Crippen LogP contribution in [0.2, 0.25) is 0 Å². The van der Waals surface area contributed by atoms with E-state index in [0.717, 1.165) is 31.1 Å². The Morgan fingerprint density at radius 2 is 1.92 bits per heavy atom. The molecule has 128 valence electrons. The molecular weight excluding hydrogens is 310 g/mol. The van der Waals surface area contributed by atoms with E-state index in [1.54, 1.807) is 0 Å². The van der Waals surface area contributed by atoms with Crippen molar-refractivity contribution in [2.75, 3.05) is 13.1 Å². The highest BCUT2D eigenvalue weighted by Gasteiger charge is 2.22. The number of para-hydroxylation sites is 1. The van der Waals surface area contributed by atoms with E-state index in [-0.39, 0.29) is 0 Å². The monoisotopic (exact) mass is 333 g/mol. The predicted octanol–water partition coefficient (Wildman–Crippen LogP) is 4.58. The molecule has 25 heavy (non-hydrogen) atoms. The Morgan fingerprint density at radius 3 is 2.76 bits per heavy atom. The van der Waals surface area contributed by atoms with Gasteiger partial charge in [-0.15, -0.1) is 0 Å². The summed E-state index contributed by atoms with van der Waals surface area (Å²) in [6.07, 6.45) is 4.30. The number of aromatic amines is 1. The molecule has 1 aliphatic rings. The molecule has 1 aliphatic heterocycles. The maximum Gasteiger partial charge on any atom is 0.127 e. The number of nitrogens with one attached hydrogen (secondary N) is 1. The molecule has 2 aromatic carbocycles. The number of aromatic nitrogens is 2. The Morgan fingerprint density at radius 1 is 1.04 bits per heavy atom. The molecule has 3 aromatic rings. The molecule has 1 N–H and O–H groups in total. The Bertz CT molecular complexity index is 786. The smallest absolute Gasteiger partial charge is 0.127 e. The Balaban J connectivity index is 1.41. The van der Waals surface area contributed by atoms with Gasteiger partial charge in [0.1, 0.15) is 11.5 Å². The average molecular weight is 333 g/mol. The zero-order valence-corrected chi connectivity index (χ0v) is 14.3. The van der Waals surface area contributed by atoms with Gasteiger partial charge in [0.15, 0.2) is 0 Å². The maximum absolute atomic E-state index is 5.96. The van der Waals surface area contributed by atoms with Crippen molar-refractivity contribution in [2.24, 2.45) is 0 Å². The lowest BCUT2D eigenvalue weighted by Crippen LogP contribution is -2.34. The first-order valence-electron chi connectivity index (χ1n) is 8.90. The molecule has 0 bridgehead atoms. The van der Waals surface area contributed by atoms with Crippen LogP contribution in [0, 0.1) is 0 Å². The second-order valence-electron chi connectivity index (χ2n) is 6.65. The summed E-state index contributed by atoms with van der Waals surface area (Å²) in [5.74, 6) is 2.32. The first-order valence-corrected chi connectivity index (χ1v) is 8.90. The van der Waals surface area contributed by atoms with E-state index >= 15 is 0 Å². The molecule has 0 amide bonds. The van der Waals surface area contributed by atoms with Gasteiger partial charge in [0.25, 0.3) is 0 Å². The quantitative estimate of drug-likeness (QED) is 0.743. The van der Waals surface area contributed by atoms with E-state index in [9.17, 15) is 0 Å². The molecule has 2 heterocycles. The highest BCUT2D eigenvalue weighted by Crippen LogP contribution is 2.27. The van der Waals surface area contributed by atoms with E-state index in [1.807, 2.05) is 42.6 Å². The van der Waals surface area contributed by atoms with Crippen LogP contribution in [-0.4, -0.2) is 28.2 Å². The SMILES string of the molecule is c1ccc(Oc2cccc(CN3CCC[C@H](c4ccn[nH]4)C3)c2)cc1. The van der Waals surface area contributed by atoms with Gasteiger partial charge in [0.05, 0.1) is 0 Å². The number of nitrogens with zero attached hydrogens (tertiary/aromatic N) is 2. The van der Waals surface area contributed by atoms with Crippen LogP contribution in [0.25, 0.3) is 0 Å². The fourth-order valence-electron chi connectivity index (χ4n) is 3.54. The summed E-state index contributed by atoms with van der Waals surface area (Å²) in [5.41, 5.74) is 2.55. The summed E-state index contributed by atoms with van der Waals surface area (Å²) in [6, 6.07) is 20.4. The number of hydrogen-bond acceptors (Lipinski definition) is 3. The number of hydrogen-bond donors (Lipinski definition) is 1. The highest BCUT2D eigenvalue weighted by atomic mass is 16.5. The molecule has 0 spiro atoms. The van der Waals surface area contributed by atoms with E-state index < -0.39 is 0 Å². The van der Waals surface area contributed by atoms with Crippen molar-refractivity contribution in [3.63, 3.8) is 0 Å². The van der Waals surface area contributed by atoms with Crippen LogP contribution in [0.1, 0.15) is 30.0 Å². The van der Waals surface area contributed by atoms with Crippen LogP contribution in [0.15, 0.2) is 66.9 Å². The molecule has 1 fully saturated rings. The largest absolute Gasteiger partial charge is 0.457 e. The molecule has 1 saturated heterocycles. The summed E-state index contributed by atoms with van der Waals surface area (Å²) in [5, 5.41) is 7.23. The van der Waals surface area contributed by atoms with Crippen LogP contribution in [-0.2, 0) is 6.54 Å². The Kier molecular flexibility index (Phi) is 4.79. The van der Waals surface area contributed by atoms with Crippen molar-refractivity contribution in [1.29, 1.82) is 0 Å². The lowest BCUT2D eigenvalue weighted by molar-refractivity contribution is 0.198. The number of ether oxygens (including phenoxy) is 1. The van der Waals surface area contributed by atoms with Crippen LogP contribution < -0.4 is 4.74 Å². The summed E-state index contributed by atoms with van der Waals surface area (Å²) in [4.78, 5) is 2.52. The number of benzene rings is 2. The van der Waals surface area contributed by atoms with Crippen LogP contribution in [0.3, 0.4) is 0 Å². The van der Waals surface area contributed by atoms with E-state index in [1.165, 1.54) is 24.1 Å². The van der Waals surface area contributed by atoms with Gasteiger partial charge < -0.3 is 4.74 Å². The van der Waals surface area contributed by atoms with Gasteiger partial charge in [-0.05, 0) is 55.3 Å². The number of likely N-dealkylation sites (tertiary alicyclic amines) is 1. The van der Waals surface area contributed by atoms with Crippen LogP contribution in [0.4, 0.5) is 0 Å². The van der Waals surface area contributed by atoms with Crippen molar-refractivity contribution in [3.05, 3.63) is 78.1 Å². The van der Waals surface area contributed by atoms with Crippen molar-refractivity contribution in [1.82, 2.24) is 15.1 Å². The maximum atomic E-state index is 5.96. The fraction of sp³-hybridized carbons (Fsp3) is 0.286. The van der Waals surface area contributed by atoms with E-state index in [2.05, 4.69) is 39.4 Å². The first-order chi connectivity index (χ1) is 12.4. The molecular formula is C21H23N3O. The second-order valence-corrected chi connectivity index (χ2v) is 6.65. The van der Waals surface area contributed by atoms with Gasteiger partial charge >= 0.3 is 0 Å². The average Bonchev–Trinajstić information content (AvgIpc) is 3.18. The third-order valence-corrected chi connectivity index (χ3v) is 4.75. The number of piperidine rings is 1. The normalized spacial score (nSPS) is 18.2. The van der Waals surface area contributed by atoms with Gasteiger partial charge in [-0.1, -0.05) is 30.3 Å². The molecule has 4 rings (SSSR count). The molecule has 1 aromatic heterocycles. The minimum atomic E-state index is 0.556. The van der Waals surface area contributed by atoms with Gasteiger partial charge in [-0.25, -0.2) is 0 Å². The summed E-state index contributed by atoms with van der Waals surface area (Å²) in [6.45, 7) is 3.18. The fourth-order valence-corrected chi connectivity index (χ4v) is 3.54. The molecule has 0 saturated carbocycles. The van der Waals surface area contributed by atoms with Crippen molar-refractivity contribution < 1.29 is 4.74 Å². The third-order valence-electron chi connectivity index (χ3n) is 4.75. The summed E-state index contributed by atoms with van der Waals surface area (Å²) < 4.78 is 5.96. The first kappa shape index (κ1) is 15.9. The van der Waals surface area contributed by atoms with Gasteiger partial charge in [-0.3, -0.25) is 10.00 Å². The van der Waals surface area contributed by atoms with Gasteiger partial charge in [0, 0.05) is 30.9 Å². The second kappa shape index (κ2) is 7.53. The molecule has 0 aliphatic carbocycles. The Hall–Kier alpha value is -2.59. The van der Waals surface area contributed by atoms with Crippen LogP contribution >= 0.6 is 0 Å². The topological polar surface area (TPSA) is 41.1 Å². The van der Waals surface area contributed by atoms with Gasteiger partial charge in [-0.2, -0.15) is 5.10 Å². The summed E-state index contributed by atoms with van der Waals surface area (Å²) >= 11 is 0. The predicted molar refractivity (Wildman–Crippen MR) is 98.8 cm³/mol. The minimum absolute atomic E-state index is 0.556. The van der Waals surface area contributed by atoms with Crippen LogP contribution in [0.5, 0.6) is 11.5 Å².